The summed E-state index contributed by atoms with van der Waals surface area (Å²) in [6, 6.07) is 22.9. The molecule has 17 nitrogen and oxygen atoms in total. The molecule has 3 unspecified atom stereocenters. The number of carboxylic acids is 1. The maximum absolute atomic E-state index is 16.1. The Balaban J connectivity index is 1.40. The van der Waals surface area contributed by atoms with E-state index >= 15 is 4.79 Å². The van der Waals surface area contributed by atoms with Crippen molar-refractivity contribution >= 4 is 41.5 Å². The molecule has 3 aliphatic carbocycles. The smallest absolute Gasteiger partial charge is 0.338 e. The van der Waals surface area contributed by atoms with Crippen LogP contribution in [0.4, 0.5) is 0 Å². The fourth-order valence-electron chi connectivity index (χ4n) is 11.0. The highest BCUT2D eigenvalue weighted by atomic mass is 16.6. The van der Waals surface area contributed by atoms with Crippen molar-refractivity contribution in [3.8, 4) is 0 Å². The van der Waals surface area contributed by atoms with Gasteiger partial charge in [-0.3, -0.25) is 24.0 Å². The molecule has 0 radical (unpaired) electrons. The van der Waals surface area contributed by atoms with Gasteiger partial charge in [0, 0.05) is 50.7 Å². The molecule has 3 aromatic carbocycles. The number of hydrogen-bond acceptors (Lipinski definition) is 15. The van der Waals surface area contributed by atoms with Crippen LogP contribution in [0, 0.1) is 16.7 Å². The number of carboxylic acid groups (broad SMARTS) is 1. The van der Waals surface area contributed by atoms with Gasteiger partial charge in [0.25, 0.3) is 5.91 Å². The van der Waals surface area contributed by atoms with Crippen LogP contribution in [0.2, 0.25) is 0 Å². The maximum atomic E-state index is 16.1. The summed E-state index contributed by atoms with van der Waals surface area (Å²) >= 11 is 0. The Labute approximate surface area is 399 Å². The highest BCUT2D eigenvalue weighted by molar-refractivity contribution is 5.96. The van der Waals surface area contributed by atoms with Crippen LogP contribution in [-0.4, -0.2) is 118 Å². The van der Waals surface area contributed by atoms with Crippen LogP contribution in [0.25, 0.3) is 0 Å². The van der Waals surface area contributed by atoms with Crippen molar-refractivity contribution < 1.29 is 77.3 Å². The number of rotatable bonds is 16. The molecule has 0 aromatic heterocycles. The monoisotopic (exact) mass is 953 g/mol. The van der Waals surface area contributed by atoms with Crippen LogP contribution in [-0.2, 0) is 52.4 Å². The molecule has 3 fully saturated rings. The lowest BCUT2D eigenvalue weighted by molar-refractivity contribution is -0.348. The van der Waals surface area contributed by atoms with Gasteiger partial charge >= 0.3 is 29.8 Å². The molecule has 1 aliphatic heterocycles. The van der Waals surface area contributed by atoms with E-state index in [0.29, 0.717) is 5.56 Å². The van der Waals surface area contributed by atoms with E-state index < -0.39 is 119 Å². The minimum atomic E-state index is -2.41. The molecule has 1 saturated heterocycles. The highest BCUT2D eigenvalue weighted by Crippen LogP contribution is 2.65. The second kappa shape index (κ2) is 20.0. The minimum Gasteiger partial charge on any atom is -0.481 e. The third-order valence-electron chi connectivity index (χ3n) is 14.6. The molecular weight excluding hydrogens is 895 g/mol. The van der Waals surface area contributed by atoms with Crippen LogP contribution in [0.1, 0.15) is 106 Å². The average Bonchev–Trinajstić information content (AvgIpc) is 3.31. The molecule has 3 aromatic rings. The Morgan fingerprint density at radius 1 is 0.826 bits per heavy atom. The van der Waals surface area contributed by atoms with Crippen molar-refractivity contribution in [2.75, 3.05) is 13.2 Å². The molecule has 11 atom stereocenters. The largest absolute Gasteiger partial charge is 0.481 e. The SMILES string of the molecule is CC(=O)OC1C(=O)[C@@]2(C)C([C@H](OC(=O)c3ccccc3)[C@]3(O)C[C@H](OC(=O)[C@H](O)[C@@H](NC(=O)c4ccccc4)c4ccccc4)C(C)=C1C3(C)C)[C@]1(OC(C)=O)COC1C[C@@H]2OCCCCC(=O)O. The van der Waals surface area contributed by atoms with Gasteiger partial charge in [-0.2, -0.15) is 0 Å². The molecule has 2 bridgehead atoms. The summed E-state index contributed by atoms with van der Waals surface area (Å²) in [5, 5.41) is 37.9. The van der Waals surface area contributed by atoms with E-state index in [1.165, 1.54) is 32.9 Å². The number of aliphatic hydroxyl groups excluding tert-OH is 1. The molecule has 1 amide bonds. The van der Waals surface area contributed by atoms with Gasteiger partial charge in [0.15, 0.2) is 23.6 Å². The Kier molecular flexibility index (Phi) is 14.7. The lowest BCUT2D eigenvalue weighted by Crippen LogP contribution is -2.82. The maximum Gasteiger partial charge on any atom is 0.338 e. The zero-order valence-corrected chi connectivity index (χ0v) is 39.4. The van der Waals surface area contributed by atoms with E-state index in [2.05, 4.69) is 5.32 Å². The summed E-state index contributed by atoms with van der Waals surface area (Å²) in [6.45, 7) is 8.12. The van der Waals surface area contributed by atoms with Crippen molar-refractivity contribution in [2.45, 2.75) is 128 Å². The Morgan fingerprint density at radius 2 is 1.43 bits per heavy atom. The van der Waals surface area contributed by atoms with Gasteiger partial charge < -0.3 is 49.1 Å². The van der Waals surface area contributed by atoms with Crippen molar-refractivity contribution in [1.82, 2.24) is 5.32 Å². The molecule has 2 saturated carbocycles. The Hall–Kier alpha value is -6.27. The highest BCUT2D eigenvalue weighted by Gasteiger charge is 2.78. The number of carbonyl (C=O) groups is 7. The zero-order chi connectivity index (χ0) is 50.1. The minimum absolute atomic E-state index is 0.00916. The zero-order valence-electron chi connectivity index (χ0n) is 39.4. The third kappa shape index (κ3) is 9.44. The molecule has 0 spiro atoms. The lowest BCUT2D eigenvalue weighted by atomic mass is 9.44. The number of carbonyl (C=O) groups excluding carboxylic acids is 6. The van der Waals surface area contributed by atoms with Gasteiger partial charge in [0.05, 0.1) is 35.6 Å². The number of ether oxygens (including phenoxy) is 6. The number of esters is 4. The van der Waals surface area contributed by atoms with E-state index in [1.807, 2.05) is 0 Å². The topological polar surface area (TPSA) is 248 Å². The number of fused-ring (bicyclic) bond motifs is 5. The molecule has 69 heavy (non-hydrogen) atoms. The quantitative estimate of drug-likeness (QED) is 0.0638. The summed E-state index contributed by atoms with van der Waals surface area (Å²) in [6.07, 6.45) is -9.61. The summed E-state index contributed by atoms with van der Waals surface area (Å²) < 4.78 is 37.6. The van der Waals surface area contributed by atoms with E-state index in [9.17, 15) is 44.1 Å². The van der Waals surface area contributed by atoms with Crippen molar-refractivity contribution in [3.05, 3.63) is 119 Å². The second-order valence-electron chi connectivity index (χ2n) is 19.0. The summed E-state index contributed by atoms with van der Waals surface area (Å²) in [7, 11) is 0. The number of ketones is 1. The number of benzene rings is 3. The Bertz CT molecular complexity index is 2480. The summed E-state index contributed by atoms with van der Waals surface area (Å²) in [5.74, 6) is -7.75. The van der Waals surface area contributed by atoms with E-state index in [-0.39, 0.29) is 61.2 Å². The van der Waals surface area contributed by atoms with E-state index in [4.69, 9.17) is 28.4 Å². The third-order valence-corrected chi connectivity index (χ3v) is 14.6. The molecule has 4 aliphatic rings. The number of aliphatic hydroxyl groups is 2. The van der Waals surface area contributed by atoms with Gasteiger partial charge in [-0.05, 0) is 67.7 Å². The van der Waals surface area contributed by atoms with Crippen LogP contribution in [0.5, 0.6) is 0 Å². The first kappa shape index (κ1) is 50.6. The molecule has 368 valence electrons. The van der Waals surface area contributed by atoms with Crippen LogP contribution >= 0.6 is 0 Å². The van der Waals surface area contributed by atoms with Crippen molar-refractivity contribution in [1.29, 1.82) is 0 Å². The average molecular weight is 954 g/mol. The summed E-state index contributed by atoms with van der Waals surface area (Å²) in [5.41, 5.74) is -6.98. The first-order chi connectivity index (χ1) is 32.7. The Morgan fingerprint density at radius 3 is 2.00 bits per heavy atom. The fraction of sp³-hybridized carbons (Fsp3) is 0.481. The normalized spacial score (nSPS) is 29.8. The van der Waals surface area contributed by atoms with Crippen LogP contribution in [0.3, 0.4) is 0 Å². The molecular formula is C52H59NO16. The van der Waals surface area contributed by atoms with Gasteiger partial charge in [0.1, 0.15) is 23.9 Å². The molecule has 4 N–H and O–H groups in total. The number of nitrogens with one attached hydrogen (secondary N) is 1. The second-order valence-corrected chi connectivity index (χ2v) is 19.0. The molecule has 1 heterocycles. The number of unbranched alkanes of at least 4 members (excludes halogenated alkanes) is 1. The fourth-order valence-corrected chi connectivity index (χ4v) is 11.0. The summed E-state index contributed by atoms with van der Waals surface area (Å²) in [4.78, 5) is 96.5. The van der Waals surface area contributed by atoms with Crippen LogP contribution in [0.15, 0.2) is 102 Å². The number of aliphatic carboxylic acids is 1. The van der Waals surface area contributed by atoms with Crippen molar-refractivity contribution in [2.24, 2.45) is 16.7 Å². The number of Topliss-reactive ketones (excluding diaryl/α,β-unsaturated/α-hetero) is 1. The van der Waals surface area contributed by atoms with E-state index in [0.717, 1.165) is 6.92 Å². The predicted molar refractivity (Wildman–Crippen MR) is 243 cm³/mol. The predicted octanol–water partition coefficient (Wildman–Crippen LogP) is 5.01. The van der Waals surface area contributed by atoms with Crippen LogP contribution < -0.4 is 5.32 Å². The number of hydrogen-bond donors (Lipinski definition) is 4. The van der Waals surface area contributed by atoms with Gasteiger partial charge in [-0.15, -0.1) is 0 Å². The lowest BCUT2D eigenvalue weighted by Gasteiger charge is -2.67. The molecule has 7 rings (SSSR count). The van der Waals surface area contributed by atoms with Gasteiger partial charge in [0.2, 0.25) is 0 Å². The van der Waals surface area contributed by atoms with Gasteiger partial charge in [-0.1, -0.05) is 80.6 Å². The van der Waals surface area contributed by atoms with E-state index in [1.54, 1.807) is 92.7 Å². The number of amides is 1. The van der Waals surface area contributed by atoms with Crippen molar-refractivity contribution in [3.63, 3.8) is 0 Å². The molecule has 17 heteroatoms. The standard InChI is InChI=1S/C52H59NO16/c1-29-35(67-48(62)41(58)40(32-18-10-7-11-19-32)53-46(60)33-20-12-8-13-21-33)27-52(63)45(68-47(61)34-22-14-9-15-23-34)43-50(6,44(59)42(66-30(2)54)39(29)49(52,4)5)36(64-25-17-16-24-38(56)57)26-37-51(43,28-65-37)69-31(3)55/h7-15,18-23,35-37,40-43,45,58,63H,16-17,24-28H2,1-6H3,(H,53,60)(H,56,57)/t35-,36-,37?,40-,41+,42?,43?,45-,50+,51-,52+/m0/s1. The first-order valence-corrected chi connectivity index (χ1v) is 23.0. The first-order valence-electron chi connectivity index (χ1n) is 23.0. The van der Waals surface area contributed by atoms with Gasteiger partial charge in [-0.25, -0.2) is 9.59 Å².